The van der Waals surface area contributed by atoms with Crippen LogP contribution in [0.2, 0.25) is 0 Å². The molecule has 1 N–H and O–H groups in total. The van der Waals surface area contributed by atoms with Gasteiger partial charge in [0, 0.05) is 32.8 Å². The molecule has 2 atom stereocenters. The van der Waals surface area contributed by atoms with Crippen LogP contribution >= 0.6 is 0 Å². The lowest BCUT2D eigenvalue weighted by atomic mass is 10.1. The quantitative estimate of drug-likeness (QED) is 0.742. The summed E-state index contributed by atoms with van der Waals surface area (Å²) in [5, 5.41) is 8.99. The molecular weight excluding hydrogens is 220 g/mol. The molecule has 98 valence electrons. The van der Waals surface area contributed by atoms with Gasteiger partial charge in [-0.15, -0.1) is 0 Å². The molecule has 2 aliphatic heterocycles. The summed E-state index contributed by atoms with van der Waals surface area (Å²) in [5.74, 6) is -0.787. The van der Waals surface area contributed by atoms with Crippen LogP contribution in [0.4, 0.5) is 0 Å². The molecule has 0 aromatic heterocycles. The fourth-order valence-electron chi connectivity index (χ4n) is 2.85. The Morgan fingerprint density at radius 2 is 2.18 bits per heavy atom. The van der Waals surface area contributed by atoms with E-state index in [4.69, 9.17) is 9.84 Å². The van der Waals surface area contributed by atoms with E-state index in [1.807, 2.05) is 0 Å². The number of carbonyl (C=O) groups is 1. The number of methoxy groups -OCH3 is 1. The van der Waals surface area contributed by atoms with E-state index >= 15 is 0 Å². The summed E-state index contributed by atoms with van der Waals surface area (Å²) in [5.41, 5.74) is 0. The zero-order chi connectivity index (χ0) is 12.3. The van der Waals surface area contributed by atoms with Gasteiger partial charge in [0.05, 0.1) is 12.5 Å². The van der Waals surface area contributed by atoms with Crippen molar-refractivity contribution in [3.05, 3.63) is 0 Å². The monoisotopic (exact) mass is 242 g/mol. The van der Waals surface area contributed by atoms with E-state index in [9.17, 15) is 4.79 Å². The Balaban J connectivity index is 1.75. The molecule has 2 heterocycles. The SMILES string of the molecule is COCCN1CCC(N2CCC(C(=O)O)C2)C1. The van der Waals surface area contributed by atoms with Crippen LogP contribution in [0.25, 0.3) is 0 Å². The van der Waals surface area contributed by atoms with Gasteiger partial charge in [0.1, 0.15) is 0 Å². The molecular formula is C12H22N2O3. The average molecular weight is 242 g/mol. The van der Waals surface area contributed by atoms with E-state index in [1.54, 1.807) is 7.11 Å². The molecule has 0 aromatic carbocycles. The minimum absolute atomic E-state index is 0.150. The average Bonchev–Trinajstić information content (AvgIpc) is 2.94. The predicted molar refractivity (Wildman–Crippen MR) is 64.0 cm³/mol. The van der Waals surface area contributed by atoms with Crippen LogP contribution in [0, 0.1) is 5.92 Å². The van der Waals surface area contributed by atoms with Crippen molar-refractivity contribution in [3.8, 4) is 0 Å². The van der Waals surface area contributed by atoms with Crippen molar-refractivity contribution in [2.24, 2.45) is 5.92 Å². The van der Waals surface area contributed by atoms with Crippen molar-refractivity contribution in [3.63, 3.8) is 0 Å². The largest absolute Gasteiger partial charge is 0.481 e. The number of ether oxygens (including phenoxy) is 1. The third kappa shape index (κ3) is 3.18. The highest BCUT2D eigenvalue weighted by Gasteiger charge is 2.35. The number of rotatable bonds is 5. The summed E-state index contributed by atoms with van der Waals surface area (Å²) in [6.45, 7) is 5.63. The lowest BCUT2D eigenvalue weighted by Crippen LogP contribution is -2.37. The van der Waals surface area contributed by atoms with Crippen LogP contribution in [-0.4, -0.2) is 73.4 Å². The van der Waals surface area contributed by atoms with Crippen LogP contribution in [0.1, 0.15) is 12.8 Å². The van der Waals surface area contributed by atoms with Gasteiger partial charge in [-0.3, -0.25) is 14.6 Å². The van der Waals surface area contributed by atoms with Gasteiger partial charge in [-0.25, -0.2) is 0 Å². The number of carboxylic acids is 1. The number of hydrogen-bond acceptors (Lipinski definition) is 4. The van der Waals surface area contributed by atoms with Crippen LogP contribution < -0.4 is 0 Å². The van der Waals surface area contributed by atoms with E-state index in [2.05, 4.69) is 9.80 Å². The predicted octanol–water partition coefficient (Wildman–Crippen LogP) is 0.114. The summed E-state index contributed by atoms with van der Waals surface area (Å²) in [6, 6.07) is 0.552. The first-order valence-electron chi connectivity index (χ1n) is 6.39. The molecule has 2 fully saturated rings. The Hall–Kier alpha value is -0.650. The molecule has 0 aromatic rings. The second-order valence-electron chi connectivity index (χ2n) is 5.05. The maximum atomic E-state index is 10.9. The molecule has 0 radical (unpaired) electrons. The minimum Gasteiger partial charge on any atom is -0.481 e. The molecule has 2 rings (SSSR count). The van der Waals surface area contributed by atoms with Crippen LogP contribution in [0.15, 0.2) is 0 Å². The third-order valence-corrected chi connectivity index (χ3v) is 3.94. The van der Waals surface area contributed by atoms with Crippen molar-refractivity contribution in [2.45, 2.75) is 18.9 Å². The van der Waals surface area contributed by atoms with Gasteiger partial charge < -0.3 is 9.84 Å². The van der Waals surface area contributed by atoms with Gasteiger partial charge in [-0.2, -0.15) is 0 Å². The van der Waals surface area contributed by atoms with E-state index in [-0.39, 0.29) is 5.92 Å². The summed E-state index contributed by atoms with van der Waals surface area (Å²) >= 11 is 0. The minimum atomic E-state index is -0.637. The fraction of sp³-hybridized carbons (Fsp3) is 0.917. The molecule has 0 saturated carbocycles. The van der Waals surface area contributed by atoms with Crippen molar-refractivity contribution < 1.29 is 14.6 Å². The van der Waals surface area contributed by atoms with E-state index in [0.29, 0.717) is 6.04 Å². The first kappa shape index (κ1) is 12.8. The maximum absolute atomic E-state index is 10.9. The third-order valence-electron chi connectivity index (χ3n) is 3.94. The second kappa shape index (κ2) is 5.80. The molecule has 0 bridgehead atoms. The molecule has 0 aliphatic carbocycles. The summed E-state index contributed by atoms with van der Waals surface area (Å²) in [6.07, 6.45) is 1.97. The summed E-state index contributed by atoms with van der Waals surface area (Å²) in [7, 11) is 1.73. The number of likely N-dealkylation sites (tertiary alicyclic amines) is 2. The van der Waals surface area contributed by atoms with E-state index < -0.39 is 5.97 Å². The molecule has 2 saturated heterocycles. The van der Waals surface area contributed by atoms with Crippen molar-refractivity contribution in [1.82, 2.24) is 9.80 Å². The highest BCUT2D eigenvalue weighted by molar-refractivity contribution is 5.70. The standard InChI is InChI=1S/C12H22N2O3/c1-17-7-6-13-4-3-11(9-13)14-5-2-10(8-14)12(15)16/h10-11H,2-9H2,1H3,(H,15,16). The van der Waals surface area contributed by atoms with Crippen molar-refractivity contribution in [1.29, 1.82) is 0 Å². The van der Waals surface area contributed by atoms with Crippen molar-refractivity contribution in [2.75, 3.05) is 46.4 Å². The zero-order valence-electron chi connectivity index (χ0n) is 10.5. The Morgan fingerprint density at radius 3 is 2.82 bits per heavy atom. The Labute approximate surface area is 102 Å². The van der Waals surface area contributed by atoms with Crippen LogP contribution in [0.5, 0.6) is 0 Å². The van der Waals surface area contributed by atoms with E-state index in [0.717, 1.165) is 52.2 Å². The highest BCUT2D eigenvalue weighted by Crippen LogP contribution is 2.23. The van der Waals surface area contributed by atoms with Gasteiger partial charge in [-0.1, -0.05) is 0 Å². The maximum Gasteiger partial charge on any atom is 0.307 e. The molecule has 5 nitrogen and oxygen atoms in total. The lowest BCUT2D eigenvalue weighted by molar-refractivity contribution is -0.141. The highest BCUT2D eigenvalue weighted by atomic mass is 16.5. The van der Waals surface area contributed by atoms with Gasteiger partial charge in [0.2, 0.25) is 0 Å². The second-order valence-corrected chi connectivity index (χ2v) is 5.05. The van der Waals surface area contributed by atoms with Crippen molar-refractivity contribution >= 4 is 5.97 Å². The normalized spacial score (nSPS) is 31.1. The summed E-state index contributed by atoms with van der Waals surface area (Å²) < 4.78 is 5.08. The molecule has 17 heavy (non-hydrogen) atoms. The smallest absolute Gasteiger partial charge is 0.307 e. The number of nitrogens with zero attached hydrogens (tertiary/aromatic N) is 2. The molecule has 2 unspecified atom stereocenters. The molecule has 0 amide bonds. The molecule has 2 aliphatic rings. The van der Waals surface area contributed by atoms with Gasteiger partial charge >= 0.3 is 5.97 Å². The number of carboxylic acid groups (broad SMARTS) is 1. The number of hydrogen-bond donors (Lipinski definition) is 1. The first-order chi connectivity index (χ1) is 8.20. The molecule has 0 spiro atoms. The first-order valence-corrected chi connectivity index (χ1v) is 6.39. The van der Waals surface area contributed by atoms with E-state index in [1.165, 1.54) is 0 Å². The zero-order valence-corrected chi connectivity index (χ0v) is 10.5. The van der Waals surface area contributed by atoms with Gasteiger partial charge in [0.25, 0.3) is 0 Å². The Bertz CT molecular complexity index is 272. The van der Waals surface area contributed by atoms with Crippen LogP contribution in [-0.2, 0) is 9.53 Å². The Morgan fingerprint density at radius 1 is 1.35 bits per heavy atom. The fourth-order valence-corrected chi connectivity index (χ4v) is 2.85. The van der Waals surface area contributed by atoms with Gasteiger partial charge in [0.15, 0.2) is 0 Å². The topological polar surface area (TPSA) is 53.0 Å². The Kier molecular flexibility index (Phi) is 4.36. The number of aliphatic carboxylic acids is 1. The lowest BCUT2D eigenvalue weighted by Gasteiger charge is -2.24. The summed E-state index contributed by atoms with van der Waals surface area (Å²) in [4.78, 5) is 15.7. The molecule has 5 heteroatoms. The van der Waals surface area contributed by atoms with Crippen LogP contribution in [0.3, 0.4) is 0 Å². The van der Waals surface area contributed by atoms with Gasteiger partial charge in [-0.05, 0) is 25.9 Å².